The number of fused-ring (bicyclic) bond motifs is 2. The second-order valence-corrected chi connectivity index (χ2v) is 11.9. The molecular formula is C30H37BN3O9-. The van der Waals surface area contributed by atoms with E-state index in [2.05, 4.69) is 10.3 Å². The van der Waals surface area contributed by atoms with E-state index in [1.807, 2.05) is 44.2 Å². The minimum Gasteiger partial charge on any atom is -0.633 e. The van der Waals surface area contributed by atoms with Crippen molar-refractivity contribution >= 4 is 36.3 Å². The van der Waals surface area contributed by atoms with Crippen LogP contribution in [0.25, 0.3) is 11.3 Å². The Morgan fingerprint density at radius 3 is 2.37 bits per heavy atom. The Bertz CT molecular complexity index is 1400. The minimum absolute atomic E-state index is 0.0472. The number of ketones is 1. The van der Waals surface area contributed by atoms with Crippen molar-refractivity contribution < 1.29 is 43.0 Å². The van der Waals surface area contributed by atoms with Crippen molar-refractivity contribution in [2.45, 2.75) is 70.0 Å². The summed E-state index contributed by atoms with van der Waals surface area (Å²) in [5, 5.41) is 13.1. The van der Waals surface area contributed by atoms with E-state index in [1.165, 1.54) is 32.0 Å². The fourth-order valence-electron chi connectivity index (χ4n) is 5.53. The van der Waals surface area contributed by atoms with Gasteiger partial charge in [0.1, 0.15) is 17.3 Å². The van der Waals surface area contributed by atoms with Gasteiger partial charge in [0.25, 0.3) is 17.8 Å². The number of aliphatic hydroxyl groups is 1. The summed E-state index contributed by atoms with van der Waals surface area (Å²) in [6.07, 6.45) is -2.34. The summed E-state index contributed by atoms with van der Waals surface area (Å²) in [7, 11) is 3.02. The number of hydrogen-bond donors (Lipinski definition) is 2. The standard InChI is InChI=1S/C30H37BN3O9/c1-18(2)14-21(31-41-26(38)17-30(43-31,29(40)42-31)16-25(37)34(4)5)15-24(36)27(19(3)35)33-28(39)23-13-9-12-22(32-23)20-10-7-6-8-11-20/h6-13,18-19,21,27,35H,14-17H2,1-5H3,(H,33,39)/q-1/t19-,21?,27+,30+,31?/m1/s1. The third-order valence-corrected chi connectivity index (χ3v) is 7.68. The number of carbonyl (C=O) groups is 5. The van der Waals surface area contributed by atoms with Gasteiger partial charge in [-0.1, -0.05) is 62.5 Å². The molecule has 0 saturated carbocycles. The molecule has 2 aromatic rings. The lowest BCUT2D eigenvalue weighted by atomic mass is 9.57. The van der Waals surface area contributed by atoms with Gasteiger partial charge in [0.05, 0.1) is 24.6 Å². The van der Waals surface area contributed by atoms with E-state index >= 15 is 0 Å². The van der Waals surface area contributed by atoms with Gasteiger partial charge in [0.15, 0.2) is 5.78 Å². The molecule has 2 N–H and O–H groups in total. The van der Waals surface area contributed by atoms with E-state index in [1.54, 1.807) is 12.1 Å². The second-order valence-electron chi connectivity index (χ2n) is 11.9. The van der Waals surface area contributed by atoms with Crippen molar-refractivity contribution in [2.75, 3.05) is 14.1 Å². The number of pyridine rings is 1. The van der Waals surface area contributed by atoms with E-state index in [0.29, 0.717) is 5.69 Å². The molecule has 2 aliphatic rings. The predicted octanol–water partition coefficient (Wildman–Crippen LogP) is 2.28. The number of hydrogen-bond acceptors (Lipinski definition) is 10. The van der Waals surface area contributed by atoms with Gasteiger partial charge >= 0.3 is 6.75 Å². The van der Waals surface area contributed by atoms with Crippen LogP contribution in [-0.2, 0) is 33.1 Å². The molecule has 2 saturated heterocycles. The molecule has 13 heteroatoms. The highest BCUT2D eigenvalue weighted by Gasteiger charge is 2.64. The average Bonchev–Trinajstić information content (AvgIpc) is 3.15. The molecule has 2 unspecified atom stereocenters. The lowest BCUT2D eigenvalue weighted by Gasteiger charge is -2.46. The maximum absolute atomic E-state index is 13.7. The fourth-order valence-corrected chi connectivity index (χ4v) is 5.53. The number of nitrogens with one attached hydrogen (secondary N) is 1. The third-order valence-electron chi connectivity index (χ3n) is 7.68. The Labute approximate surface area is 250 Å². The quantitative estimate of drug-likeness (QED) is 0.349. The zero-order valence-electron chi connectivity index (χ0n) is 24.9. The van der Waals surface area contributed by atoms with Crippen molar-refractivity contribution in [3.8, 4) is 11.3 Å². The molecule has 1 aromatic heterocycles. The molecule has 0 aliphatic carbocycles. The van der Waals surface area contributed by atoms with Crippen LogP contribution in [0.1, 0.15) is 56.9 Å². The van der Waals surface area contributed by atoms with E-state index < -0.39 is 72.7 Å². The topological polar surface area (TPSA) is 161 Å². The van der Waals surface area contributed by atoms with Gasteiger partial charge in [0, 0.05) is 19.7 Å². The number of rotatable bonds is 12. The molecule has 230 valence electrons. The maximum Gasteiger partial charge on any atom is 0.499 e. The van der Waals surface area contributed by atoms with Crippen LogP contribution in [0, 0.1) is 5.92 Å². The molecule has 4 rings (SSSR count). The first-order chi connectivity index (χ1) is 20.2. The molecule has 2 amide bonds. The van der Waals surface area contributed by atoms with Crippen molar-refractivity contribution in [3.63, 3.8) is 0 Å². The molecule has 0 spiro atoms. The first kappa shape index (κ1) is 31.8. The largest absolute Gasteiger partial charge is 0.633 e. The molecular weight excluding hydrogens is 557 g/mol. The van der Waals surface area contributed by atoms with Crippen LogP contribution >= 0.6 is 0 Å². The number of carbonyl (C=O) groups excluding carboxylic acids is 5. The number of Topliss-reactive ketones (excluding diaryl/α,β-unsaturated/α-hetero) is 1. The summed E-state index contributed by atoms with van der Waals surface area (Å²) in [6, 6.07) is 12.8. The van der Waals surface area contributed by atoms with Crippen molar-refractivity contribution in [1.29, 1.82) is 0 Å². The van der Waals surface area contributed by atoms with Gasteiger partial charge in [-0.2, -0.15) is 0 Å². The monoisotopic (exact) mass is 594 g/mol. The minimum atomic E-state index is -3.11. The first-order valence-electron chi connectivity index (χ1n) is 14.3. The maximum atomic E-state index is 13.7. The number of nitrogens with zero attached hydrogens (tertiary/aromatic N) is 2. The SMILES string of the molecule is CC(C)CC(CC(=O)[C@@H](NC(=O)c1cccc(-c2ccccc2)n1)[C@@H](C)O)[B-]12OC(=O)C[C@](CC(=O)N(C)C)(O1)C(=O)O2. The lowest BCUT2D eigenvalue weighted by molar-refractivity contribution is -0.158. The van der Waals surface area contributed by atoms with Gasteiger partial charge < -0.3 is 29.3 Å². The zero-order chi connectivity index (χ0) is 31.5. The summed E-state index contributed by atoms with van der Waals surface area (Å²) in [4.78, 5) is 70.9. The van der Waals surface area contributed by atoms with Crippen molar-refractivity contribution in [3.05, 3.63) is 54.2 Å². The summed E-state index contributed by atoms with van der Waals surface area (Å²) in [5.41, 5.74) is -0.453. The van der Waals surface area contributed by atoms with E-state index in [-0.39, 0.29) is 24.5 Å². The van der Waals surface area contributed by atoms with Crippen LogP contribution < -0.4 is 5.32 Å². The van der Waals surface area contributed by atoms with Crippen LogP contribution in [0.2, 0.25) is 5.82 Å². The normalized spacial score (nSPS) is 23.1. The van der Waals surface area contributed by atoms with E-state index in [4.69, 9.17) is 14.0 Å². The van der Waals surface area contributed by atoms with Gasteiger partial charge in [-0.15, -0.1) is 0 Å². The highest BCUT2D eigenvalue weighted by molar-refractivity contribution is 6.68. The van der Waals surface area contributed by atoms with Gasteiger partial charge in [-0.25, -0.2) is 4.98 Å². The van der Waals surface area contributed by atoms with Crippen LogP contribution in [0.15, 0.2) is 48.5 Å². The highest BCUT2D eigenvalue weighted by atomic mass is 16.8. The van der Waals surface area contributed by atoms with Crippen molar-refractivity contribution in [1.82, 2.24) is 15.2 Å². The van der Waals surface area contributed by atoms with Crippen LogP contribution in [-0.4, -0.2) is 83.1 Å². The molecule has 43 heavy (non-hydrogen) atoms. The summed E-state index contributed by atoms with van der Waals surface area (Å²) in [6.45, 7) is 2.00. The fraction of sp³-hybridized carbons (Fsp3) is 0.467. The molecule has 2 aliphatic heterocycles. The Balaban J connectivity index is 1.57. The molecule has 0 radical (unpaired) electrons. The number of amides is 2. The Morgan fingerprint density at radius 1 is 1.05 bits per heavy atom. The Kier molecular flexibility index (Phi) is 9.36. The number of aliphatic hydroxyl groups excluding tert-OH is 1. The van der Waals surface area contributed by atoms with Crippen LogP contribution in [0.3, 0.4) is 0 Å². The molecule has 3 heterocycles. The Hall–Kier alpha value is -4.10. The molecule has 12 nitrogen and oxygen atoms in total. The van der Waals surface area contributed by atoms with Crippen molar-refractivity contribution in [2.24, 2.45) is 5.92 Å². The highest BCUT2D eigenvalue weighted by Crippen LogP contribution is 2.48. The van der Waals surface area contributed by atoms with Gasteiger partial charge in [-0.3, -0.25) is 24.0 Å². The average molecular weight is 594 g/mol. The van der Waals surface area contributed by atoms with Gasteiger partial charge in [0.2, 0.25) is 5.91 Å². The van der Waals surface area contributed by atoms with Crippen LogP contribution in [0.5, 0.6) is 0 Å². The van der Waals surface area contributed by atoms with E-state index in [0.717, 1.165) is 5.56 Å². The Morgan fingerprint density at radius 2 is 1.74 bits per heavy atom. The third kappa shape index (κ3) is 6.94. The number of benzene rings is 1. The predicted molar refractivity (Wildman–Crippen MR) is 155 cm³/mol. The lowest BCUT2D eigenvalue weighted by Crippen LogP contribution is -2.57. The second kappa shape index (κ2) is 12.6. The first-order valence-corrected chi connectivity index (χ1v) is 14.3. The smallest absolute Gasteiger partial charge is 0.499 e. The summed E-state index contributed by atoms with van der Waals surface area (Å²) in [5.74, 6) is -4.39. The molecule has 5 atom stereocenters. The molecule has 2 fully saturated rings. The molecule has 1 aromatic carbocycles. The summed E-state index contributed by atoms with van der Waals surface area (Å²) < 4.78 is 17.2. The van der Waals surface area contributed by atoms with E-state index in [9.17, 15) is 29.1 Å². The van der Waals surface area contributed by atoms with Gasteiger partial charge in [-0.05, 0) is 31.4 Å². The van der Waals surface area contributed by atoms with Crippen LogP contribution in [0.4, 0.5) is 0 Å². The number of aromatic nitrogens is 1. The zero-order valence-corrected chi connectivity index (χ0v) is 24.9. The molecule has 2 bridgehead atoms. The summed E-state index contributed by atoms with van der Waals surface area (Å²) >= 11 is 0.